The lowest BCUT2D eigenvalue weighted by atomic mass is 10.0. The Kier molecular flexibility index (Phi) is 66.3. The van der Waals surface area contributed by atoms with Gasteiger partial charge in [-0.25, -0.2) is 0 Å². The van der Waals surface area contributed by atoms with Gasteiger partial charge in [-0.3, -0.25) is 14.4 Å². The van der Waals surface area contributed by atoms with E-state index in [0.29, 0.717) is 19.3 Å². The van der Waals surface area contributed by atoms with Crippen molar-refractivity contribution in [2.24, 2.45) is 0 Å². The molecule has 0 aliphatic rings. The van der Waals surface area contributed by atoms with Crippen molar-refractivity contribution in [1.82, 2.24) is 0 Å². The first-order chi connectivity index (χ1) is 41.0. The van der Waals surface area contributed by atoms with Crippen molar-refractivity contribution in [1.29, 1.82) is 0 Å². The molecule has 0 rings (SSSR count). The van der Waals surface area contributed by atoms with E-state index >= 15 is 0 Å². The molecule has 0 aromatic heterocycles. The summed E-state index contributed by atoms with van der Waals surface area (Å²) in [6, 6.07) is 0. The normalized spacial score (nSPS) is 13.0. The largest absolute Gasteiger partial charge is 0.462 e. The molecule has 0 bridgehead atoms. The third-order valence-electron chi connectivity index (χ3n) is 14.6. The fourth-order valence-corrected chi connectivity index (χ4v) is 9.45. The van der Waals surface area contributed by atoms with Crippen LogP contribution in [-0.2, 0) is 28.6 Å². The molecule has 0 amide bonds. The number of esters is 3. The maximum Gasteiger partial charge on any atom is 0.306 e. The number of allylic oxidation sites excluding steroid dienone is 22. The highest BCUT2D eigenvalue weighted by molar-refractivity contribution is 5.71. The van der Waals surface area contributed by atoms with Gasteiger partial charge in [0.15, 0.2) is 6.10 Å². The van der Waals surface area contributed by atoms with Crippen molar-refractivity contribution in [3.8, 4) is 0 Å². The monoisotopic (exact) mass is 1150 g/mol. The minimum Gasteiger partial charge on any atom is -0.462 e. The Hall–Kier alpha value is -4.45. The fourth-order valence-electron chi connectivity index (χ4n) is 9.45. The summed E-state index contributed by atoms with van der Waals surface area (Å²) in [6.07, 6.45) is 99.2. The second kappa shape index (κ2) is 70.0. The van der Waals surface area contributed by atoms with E-state index in [1.807, 2.05) is 6.08 Å². The summed E-state index contributed by atoms with van der Waals surface area (Å²) in [7, 11) is 0. The van der Waals surface area contributed by atoms with Crippen LogP contribution in [0.4, 0.5) is 0 Å². The van der Waals surface area contributed by atoms with E-state index in [0.717, 1.165) is 116 Å². The van der Waals surface area contributed by atoms with Crippen LogP contribution in [0.3, 0.4) is 0 Å². The van der Waals surface area contributed by atoms with E-state index in [2.05, 4.69) is 148 Å². The molecule has 0 radical (unpaired) electrons. The van der Waals surface area contributed by atoms with E-state index in [1.165, 1.54) is 154 Å². The number of hydrogen-bond donors (Lipinski definition) is 0. The van der Waals surface area contributed by atoms with Crippen LogP contribution in [0.1, 0.15) is 316 Å². The summed E-state index contributed by atoms with van der Waals surface area (Å²) in [5, 5.41) is 0. The topological polar surface area (TPSA) is 78.9 Å². The number of carbonyl (C=O) groups excluding carboxylic acids is 3. The van der Waals surface area contributed by atoms with Crippen molar-refractivity contribution in [3.63, 3.8) is 0 Å². The molecule has 472 valence electrons. The van der Waals surface area contributed by atoms with Crippen molar-refractivity contribution in [2.45, 2.75) is 322 Å². The zero-order valence-corrected chi connectivity index (χ0v) is 54.2. The van der Waals surface area contributed by atoms with Crippen molar-refractivity contribution in [3.05, 3.63) is 134 Å². The number of carbonyl (C=O) groups is 3. The highest BCUT2D eigenvalue weighted by Crippen LogP contribution is 2.16. The van der Waals surface area contributed by atoms with Gasteiger partial charge in [-0.2, -0.15) is 0 Å². The van der Waals surface area contributed by atoms with Gasteiger partial charge in [-0.1, -0.05) is 302 Å². The number of unbranched alkanes of at least 4 members (excludes halogenated alkanes) is 29. The molecule has 1 unspecified atom stereocenters. The highest BCUT2D eigenvalue weighted by Gasteiger charge is 2.19. The van der Waals surface area contributed by atoms with Crippen LogP contribution >= 0.6 is 0 Å². The van der Waals surface area contributed by atoms with Crippen molar-refractivity contribution < 1.29 is 28.6 Å². The Balaban J connectivity index is 4.35. The van der Waals surface area contributed by atoms with Crippen LogP contribution in [0.2, 0.25) is 0 Å². The fraction of sp³-hybridized carbons (Fsp3) is 0.675. The molecule has 0 aliphatic heterocycles. The molecular formula is C77H128O6. The average molecular weight is 1150 g/mol. The lowest BCUT2D eigenvalue weighted by molar-refractivity contribution is -0.166. The van der Waals surface area contributed by atoms with Crippen LogP contribution in [0.25, 0.3) is 0 Å². The van der Waals surface area contributed by atoms with Crippen LogP contribution in [0.5, 0.6) is 0 Å². The molecule has 0 heterocycles. The lowest BCUT2D eigenvalue weighted by Gasteiger charge is -2.18. The molecule has 6 nitrogen and oxygen atoms in total. The van der Waals surface area contributed by atoms with Gasteiger partial charge >= 0.3 is 17.9 Å². The van der Waals surface area contributed by atoms with Gasteiger partial charge in [0.1, 0.15) is 13.2 Å². The summed E-state index contributed by atoms with van der Waals surface area (Å²) in [5.74, 6) is -1.01. The number of ether oxygens (including phenoxy) is 3. The maximum absolute atomic E-state index is 12.9. The zero-order valence-electron chi connectivity index (χ0n) is 54.2. The van der Waals surface area contributed by atoms with Gasteiger partial charge in [0, 0.05) is 19.3 Å². The molecule has 6 heteroatoms. The van der Waals surface area contributed by atoms with Crippen LogP contribution in [0.15, 0.2) is 134 Å². The highest BCUT2D eigenvalue weighted by atomic mass is 16.6. The Morgan fingerprint density at radius 3 is 0.807 bits per heavy atom. The van der Waals surface area contributed by atoms with Crippen LogP contribution < -0.4 is 0 Å². The molecule has 0 spiro atoms. The molecule has 0 aromatic rings. The molecular weight excluding hydrogens is 1020 g/mol. The number of rotatable bonds is 62. The zero-order chi connectivity index (χ0) is 59.9. The van der Waals surface area contributed by atoms with Gasteiger partial charge < -0.3 is 14.2 Å². The van der Waals surface area contributed by atoms with Crippen molar-refractivity contribution in [2.75, 3.05) is 13.2 Å². The standard InChI is InChI=1S/C77H128O6/c1-4-7-10-13-16-19-22-25-28-30-32-33-34-35-36-37-38-39-40-41-42-43-45-46-49-52-55-58-61-64-67-70-76(79)82-73-74(72-81-75(78)69-66-63-60-57-54-51-48-27-24-21-18-15-12-9-6-3)83-77(80)71-68-65-62-59-56-53-50-47-44-31-29-26-23-20-17-14-11-8-5-2/h8,11,17-18,20-22,25-27,29-30,32,34-35,44,47-48,53,56,62,65,74H,4-7,9-10,12-16,19,23-24,28,31,33,36-43,45-46,49-52,54-55,57-61,63-64,66-73H2,1-3H3/b11-8-,20-17-,21-18-,25-22-,29-26-,32-30-,35-34-,47-44-,48-27-,56-53-,65-62-. The van der Waals surface area contributed by atoms with E-state index in [1.54, 1.807) is 0 Å². The van der Waals surface area contributed by atoms with Gasteiger partial charge in [0.05, 0.1) is 0 Å². The first-order valence-electron chi connectivity index (χ1n) is 34.7. The molecule has 0 N–H and O–H groups in total. The summed E-state index contributed by atoms with van der Waals surface area (Å²) >= 11 is 0. The summed E-state index contributed by atoms with van der Waals surface area (Å²) in [5.41, 5.74) is 0. The van der Waals surface area contributed by atoms with E-state index in [9.17, 15) is 14.4 Å². The van der Waals surface area contributed by atoms with Gasteiger partial charge in [-0.15, -0.1) is 0 Å². The predicted octanol–water partition coefficient (Wildman–Crippen LogP) is 24.1. The number of hydrogen-bond acceptors (Lipinski definition) is 6. The summed E-state index contributed by atoms with van der Waals surface area (Å²) in [6.45, 7) is 6.43. The second-order valence-electron chi connectivity index (χ2n) is 22.7. The Bertz CT molecular complexity index is 1750. The Morgan fingerprint density at radius 2 is 0.494 bits per heavy atom. The molecule has 0 saturated carbocycles. The lowest BCUT2D eigenvalue weighted by Crippen LogP contribution is -2.30. The molecule has 0 saturated heterocycles. The average Bonchev–Trinajstić information content (AvgIpc) is 3.49. The Labute approximate surface area is 513 Å². The maximum atomic E-state index is 12.9. The predicted molar refractivity (Wildman–Crippen MR) is 362 cm³/mol. The van der Waals surface area contributed by atoms with Crippen molar-refractivity contribution >= 4 is 17.9 Å². The third-order valence-corrected chi connectivity index (χ3v) is 14.6. The summed E-state index contributed by atoms with van der Waals surface area (Å²) in [4.78, 5) is 38.4. The minimum atomic E-state index is -0.830. The van der Waals surface area contributed by atoms with E-state index in [-0.39, 0.29) is 31.6 Å². The van der Waals surface area contributed by atoms with Gasteiger partial charge in [0.2, 0.25) is 0 Å². The van der Waals surface area contributed by atoms with Crippen LogP contribution in [0, 0.1) is 0 Å². The smallest absolute Gasteiger partial charge is 0.306 e. The second-order valence-corrected chi connectivity index (χ2v) is 22.7. The minimum absolute atomic E-state index is 0.115. The quantitative estimate of drug-likeness (QED) is 0.0261. The van der Waals surface area contributed by atoms with E-state index < -0.39 is 12.1 Å². The summed E-state index contributed by atoms with van der Waals surface area (Å²) < 4.78 is 16.9. The van der Waals surface area contributed by atoms with Gasteiger partial charge in [0.25, 0.3) is 0 Å². The van der Waals surface area contributed by atoms with Crippen LogP contribution in [-0.4, -0.2) is 37.2 Å². The molecule has 0 aliphatic carbocycles. The first kappa shape index (κ1) is 78.5. The third kappa shape index (κ3) is 68.2. The Morgan fingerprint density at radius 1 is 0.253 bits per heavy atom. The SMILES string of the molecule is CC/C=C\C/C=C\C/C=C\C/C=C\C/C=C\C/C=C\CCC(=O)OC(COC(=O)CCCCCCC/C=C\C/C=C\CCCCC)COC(=O)CCCCCCCCCCCCCCCCCC/C=C\C/C=C\C/C=C\CCCCCCC. The van der Waals surface area contributed by atoms with Gasteiger partial charge in [-0.05, 0) is 128 Å². The first-order valence-corrected chi connectivity index (χ1v) is 34.7. The molecule has 1 atom stereocenters. The van der Waals surface area contributed by atoms with E-state index in [4.69, 9.17) is 14.2 Å². The molecule has 0 aromatic carbocycles. The molecule has 83 heavy (non-hydrogen) atoms. The molecule has 0 fully saturated rings.